The summed E-state index contributed by atoms with van der Waals surface area (Å²) in [6, 6.07) is 12.7. The minimum absolute atomic E-state index is 0.0661. The maximum Gasteiger partial charge on any atom is 0.230 e. The van der Waals surface area contributed by atoms with E-state index in [1.54, 1.807) is 0 Å². The van der Waals surface area contributed by atoms with Crippen LogP contribution >= 0.6 is 11.8 Å². The van der Waals surface area contributed by atoms with Gasteiger partial charge in [0.05, 0.1) is 5.75 Å². The zero-order valence-electron chi connectivity index (χ0n) is 18.4. The number of aryl methyl sites for hydroxylation is 1. The van der Waals surface area contributed by atoms with E-state index in [0.717, 1.165) is 28.7 Å². The molecule has 1 heterocycles. The molecule has 0 aliphatic heterocycles. The Morgan fingerprint density at radius 1 is 1.19 bits per heavy atom. The molecule has 3 aromatic rings. The highest BCUT2D eigenvalue weighted by Gasteiger charge is 2.23. The lowest BCUT2D eigenvalue weighted by molar-refractivity contribution is -0.119. The summed E-state index contributed by atoms with van der Waals surface area (Å²) in [5.74, 6) is 2.55. The van der Waals surface area contributed by atoms with Gasteiger partial charge in [0.1, 0.15) is 12.4 Å². The monoisotopic (exact) mass is 438 g/mol. The number of aromatic nitrogens is 3. The second kappa shape index (κ2) is 9.73. The summed E-state index contributed by atoms with van der Waals surface area (Å²) in [7, 11) is 1.91. The predicted octanol–water partition coefficient (Wildman–Crippen LogP) is 4.64. The van der Waals surface area contributed by atoms with E-state index < -0.39 is 0 Å². The van der Waals surface area contributed by atoms with Crippen LogP contribution in [0.5, 0.6) is 5.75 Å². The molecule has 1 fully saturated rings. The third-order valence-corrected chi connectivity index (χ3v) is 7.24. The molecule has 2 aromatic carbocycles. The first kappa shape index (κ1) is 21.7. The number of hydrogen-bond acceptors (Lipinski definition) is 5. The third kappa shape index (κ3) is 5.03. The van der Waals surface area contributed by atoms with Crippen LogP contribution < -0.4 is 10.1 Å². The van der Waals surface area contributed by atoms with Crippen molar-refractivity contribution in [1.82, 2.24) is 20.1 Å². The van der Waals surface area contributed by atoms with Crippen LogP contribution in [0.2, 0.25) is 0 Å². The Hall–Kier alpha value is -2.54. The lowest BCUT2D eigenvalue weighted by atomic mass is 9.86. The largest absolute Gasteiger partial charge is 0.485 e. The number of thioether (sulfide) groups is 1. The Morgan fingerprint density at radius 2 is 2.00 bits per heavy atom. The number of benzene rings is 2. The average Bonchev–Trinajstić information content (AvgIpc) is 3.13. The van der Waals surface area contributed by atoms with Gasteiger partial charge in [0.2, 0.25) is 5.91 Å². The van der Waals surface area contributed by atoms with Crippen LogP contribution in [-0.4, -0.2) is 32.5 Å². The Balaban J connectivity index is 1.33. The molecule has 6 nitrogen and oxygen atoms in total. The van der Waals surface area contributed by atoms with E-state index >= 15 is 0 Å². The minimum Gasteiger partial charge on any atom is -0.485 e. The van der Waals surface area contributed by atoms with E-state index in [1.165, 1.54) is 41.8 Å². The van der Waals surface area contributed by atoms with Crippen LogP contribution in [0.4, 0.5) is 0 Å². The van der Waals surface area contributed by atoms with Crippen molar-refractivity contribution in [2.45, 2.75) is 57.3 Å². The van der Waals surface area contributed by atoms with Gasteiger partial charge >= 0.3 is 0 Å². The number of nitrogens with one attached hydrogen (secondary N) is 1. The highest BCUT2D eigenvalue weighted by atomic mass is 32.2. The highest BCUT2D eigenvalue weighted by Crippen LogP contribution is 2.28. The number of carbonyl (C=O) groups is 1. The van der Waals surface area contributed by atoms with Gasteiger partial charge in [0, 0.05) is 13.1 Å². The van der Waals surface area contributed by atoms with Crippen molar-refractivity contribution in [3.8, 4) is 5.75 Å². The van der Waals surface area contributed by atoms with Crippen molar-refractivity contribution in [1.29, 1.82) is 0 Å². The summed E-state index contributed by atoms with van der Waals surface area (Å²) < 4.78 is 7.95. The molecule has 0 radical (unpaired) electrons. The Labute approximate surface area is 187 Å². The Kier molecular flexibility index (Phi) is 6.80. The van der Waals surface area contributed by atoms with E-state index in [4.69, 9.17) is 4.74 Å². The van der Waals surface area contributed by atoms with Crippen LogP contribution in [0.1, 0.15) is 44.0 Å². The number of amides is 1. The fourth-order valence-electron chi connectivity index (χ4n) is 4.21. The standard InChI is InChI=1S/C24H30N4O2S/c1-16-8-4-7-11-20(16)25-23(29)15-31-24-27-26-22(28(24)3)14-30-21-13-12-18-9-5-6-10-19(18)17(21)2/h5-6,9-10,12-13,16,20H,4,7-8,11,14-15H2,1-3H3,(H,25,29)/t16-,20+/m1/s1. The summed E-state index contributed by atoms with van der Waals surface area (Å²) in [6.45, 7) is 4.62. The second-order valence-corrected chi connectivity index (χ2v) is 9.32. The molecule has 2 atom stereocenters. The van der Waals surface area contributed by atoms with Gasteiger partial charge in [-0.25, -0.2) is 0 Å². The first-order valence-electron chi connectivity index (χ1n) is 10.9. The molecule has 31 heavy (non-hydrogen) atoms. The first-order valence-corrected chi connectivity index (χ1v) is 11.9. The lowest BCUT2D eigenvalue weighted by Gasteiger charge is -2.29. The van der Waals surface area contributed by atoms with Gasteiger partial charge in [-0.1, -0.05) is 61.9 Å². The number of nitrogens with zero attached hydrogens (tertiary/aromatic N) is 3. The van der Waals surface area contributed by atoms with Crippen molar-refractivity contribution in [2.24, 2.45) is 13.0 Å². The van der Waals surface area contributed by atoms with Gasteiger partial charge in [-0.3, -0.25) is 4.79 Å². The minimum atomic E-state index is 0.0661. The van der Waals surface area contributed by atoms with E-state index in [-0.39, 0.29) is 5.91 Å². The Bertz CT molecular complexity index is 1060. The zero-order chi connectivity index (χ0) is 21.8. The lowest BCUT2D eigenvalue weighted by Crippen LogP contribution is -2.41. The van der Waals surface area contributed by atoms with E-state index in [9.17, 15) is 4.79 Å². The number of fused-ring (bicyclic) bond motifs is 1. The summed E-state index contributed by atoms with van der Waals surface area (Å²) in [5.41, 5.74) is 1.11. The van der Waals surface area contributed by atoms with Crippen LogP contribution in [0, 0.1) is 12.8 Å². The molecule has 0 saturated heterocycles. The molecule has 1 saturated carbocycles. The van der Waals surface area contributed by atoms with Crippen molar-refractivity contribution in [3.63, 3.8) is 0 Å². The fourth-order valence-corrected chi connectivity index (χ4v) is 4.95. The van der Waals surface area contributed by atoms with Crippen molar-refractivity contribution in [3.05, 3.63) is 47.8 Å². The molecule has 164 valence electrons. The molecule has 1 aliphatic rings. The maximum atomic E-state index is 12.4. The predicted molar refractivity (Wildman–Crippen MR) is 124 cm³/mol. The molecule has 1 aromatic heterocycles. The summed E-state index contributed by atoms with van der Waals surface area (Å²) in [4.78, 5) is 12.4. The molecule has 1 N–H and O–H groups in total. The molecule has 7 heteroatoms. The third-order valence-electron chi connectivity index (χ3n) is 6.22. The van der Waals surface area contributed by atoms with Crippen LogP contribution in [-0.2, 0) is 18.4 Å². The van der Waals surface area contributed by atoms with Gasteiger partial charge in [0.15, 0.2) is 11.0 Å². The Morgan fingerprint density at radius 3 is 2.84 bits per heavy atom. The number of carbonyl (C=O) groups excluding carboxylic acids is 1. The van der Waals surface area contributed by atoms with E-state index in [1.807, 2.05) is 29.8 Å². The number of hydrogen-bond donors (Lipinski definition) is 1. The summed E-state index contributed by atoms with van der Waals surface area (Å²) in [5, 5.41) is 14.8. The fraction of sp³-hybridized carbons (Fsp3) is 0.458. The van der Waals surface area contributed by atoms with Gasteiger partial charge in [-0.15, -0.1) is 10.2 Å². The highest BCUT2D eigenvalue weighted by molar-refractivity contribution is 7.99. The SMILES string of the molecule is Cc1c(OCc2nnc(SCC(=O)N[C@H]3CCCC[C@H]3C)n2C)ccc2ccccc12. The van der Waals surface area contributed by atoms with Crippen LogP contribution in [0.25, 0.3) is 10.8 Å². The topological polar surface area (TPSA) is 69.0 Å². The maximum absolute atomic E-state index is 12.4. The van der Waals surface area contributed by atoms with Gasteiger partial charge in [0.25, 0.3) is 0 Å². The normalized spacial score (nSPS) is 18.8. The molecule has 0 unspecified atom stereocenters. The second-order valence-electron chi connectivity index (χ2n) is 8.38. The van der Waals surface area contributed by atoms with E-state index in [0.29, 0.717) is 24.3 Å². The van der Waals surface area contributed by atoms with Crippen molar-refractivity contribution < 1.29 is 9.53 Å². The first-order chi connectivity index (χ1) is 15.0. The quantitative estimate of drug-likeness (QED) is 0.544. The van der Waals surface area contributed by atoms with Crippen LogP contribution in [0.3, 0.4) is 0 Å². The van der Waals surface area contributed by atoms with Gasteiger partial charge < -0.3 is 14.6 Å². The molecule has 0 spiro atoms. The zero-order valence-corrected chi connectivity index (χ0v) is 19.2. The molecule has 1 aliphatic carbocycles. The summed E-state index contributed by atoms with van der Waals surface area (Å²) >= 11 is 1.41. The number of ether oxygens (including phenoxy) is 1. The average molecular weight is 439 g/mol. The molecular formula is C24H30N4O2S. The molecule has 1 amide bonds. The van der Waals surface area contributed by atoms with Gasteiger partial charge in [-0.2, -0.15) is 0 Å². The van der Waals surface area contributed by atoms with Crippen molar-refractivity contribution >= 4 is 28.4 Å². The van der Waals surface area contributed by atoms with Crippen molar-refractivity contribution in [2.75, 3.05) is 5.75 Å². The van der Waals surface area contributed by atoms with E-state index in [2.05, 4.69) is 47.6 Å². The summed E-state index contributed by atoms with van der Waals surface area (Å²) in [6.07, 6.45) is 4.75. The number of rotatable bonds is 7. The smallest absolute Gasteiger partial charge is 0.230 e. The van der Waals surface area contributed by atoms with Gasteiger partial charge in [-0.05, 0) is 48.1 Å². The molecule has 4 rings (SSSR count). The molecular weight excluding hydrogens is 408 g/mol. The molecule has 0 bridgehead atoms. The van der Waals surface area contributed by atoms with Crippen LogP contribution in [0.15, 0.2) is 41.6 Å².